The number of halogens is 3. The maximum Gasteiger partial charge on any atom is 0.772 e. The molecule has 0 bridgehead atoms. The Kier molecular flexibility index (Phi) is 6.85. The summed E-state index contributed by atoms with van der Waals surface area (Å²) in [6, 6.07) is 0. The van der Waals surface area contributed by atoms with Gasteiger partial charge in [-0.1, -0.05) is 40.0 Å². The Bertz CT molecular complexity index is 204. The van der Waals surface area contributed by atoms with Gasteiger partial charge in [0, 0.05) is 0 Å². The molecule has 0 radical (unpaired) electrons. The minimum absolute atomic E-state index is 0.682. The SMILES string of the molecule is CCCP(CCC)(CCC)=N[Si](F)(F)F. The van der Waals surface area contributed by atoms with Gasteiger partial charge in [-0.15, -0.1) is 0 Å². The van der Waals surface area contributed by atoms with Crippen LogP contribution in [0.4, 0.5) is 12.3 Å². The normalized spacial score (nSPS) is 12.9. The summed E-state index contributed by atoms with van der Waals surface area (Å²) in [5.74, 6) is 0. The summed E-state index contributed by atoms with van der Waals surface area (Å²) in [4.78, 5) is 0. The average molecular weight is 259 g/mol. The minimum Gasteiger partial charge on any atom is -0.249 e. The Morgan fingerprint density at radius 2 is 1.20 bits per heavy atom. The van der Waals surface area contributed by atoms with Crippen molar-refractivity contribution in [2.75, 3.05) is 18.5 Å². The summed E-state index contributed by atoms with van der Waals surface area (Å²) in [5.41, 5.74) is 0. The van der Waals surface area contributed by atoms with Gasteiger partial charge in [0.1, 0.15) is 0 Å². The van der Waals surface area contributed by atoms with Crippen molar-refractivity contribution in [1.29, 1.82) is 0 Å². The maximum absolute atomic E-state index is 12.5. The van der Waals surface area contributed by atoms with Crippen molar-refractivity contribution in [2.45, 2.75) is 40.0 Å². The molecule has 0 saturated carbocycles. The second-order valence-electron chi connectivity index (χ2n) is 3.83. The second kappa shape index (κ2) is 6.74. The molecule has 0 aliphatic heterocycles. The van der Waals surface area contributed by atoms with E-state index in [4.69, 9.17) is 0 Å². The molecule has 0 saturated heterocycles. The Hall–Kier alpha value is 0.237. The maximum atomic E-state index is 12.5. The molecule has 0 aromatic carbocycles. The van der Waals surface area contributed by atoms with Crippen molar-refractivity contribution in [2.24, 2.45) is 4.41 Å². The fraction of sp³-hybridized carbons (Fsp3) is 1.00. The molecule has 0 atom stereocenters. The number of hydrogen-bond donors (Lipinski definition) is 0. The summed E-state index contributed by atoms with van der Waals surface area (Å²) in [7, 11) is -7.79. The van der Waals surface area contributed by atoms with Crippen molar-refractivity contribution in [1.82, 2.24) is 0 Å². The van der Waals surface area contributed by atoms with Crippen LogP contribution >= 0.6 is 7.05 Å². The molecule has 0 unspecified atom stereocenters. The molecule has 0 fully saturated rings. The molecule has 0 amide bonds. The van der Waals surface area contributed by atoms with E-state index in [9.17, 15) is 12.3 Å². The first-order chi connectivity index (χ1) is 6.89. The first-order valence-corrected chi connectivity index (χ1v) is 9.44. The quantitative estimate of drug-likeness (QED) is 0.355. The van der Waals surface area contributed by atoms with E-state index in [0.717, 1.165) is 19.3 Å². The van der Waals surface area contributed by atoms with Crippen LogP contribution in [0, 0.1) is 0 Å². The fourth-order valence-corrected chi connectivity index (χ4v) is 8.27. The lowest BCUT2D eigenvalue weighted by molar-refractivity contribution is 0.477. The van der Waals surface area contributed by atoms with E-state index >= 15 is 0 Å². The van der Waals surface area contributed by atoms with Gasteiger partial charge >= 0.3 is 9.24 Å². The van der Waals surface area contributed by atoms with Crippen molar-refractivity contribution >= 4 is 16.3 Å². The molecule has 0 aliphatic rings. The van der Waals surface area contributed by atoms with Crippen LogP contribution in [0.5, 0.6) is 0 Å². The smallest absolute Gasteiger partial charge is 0.249 e. The van der Waals surface area contributed by atoms with Gasteiger partial charge in [-0.05, 0) is 25.5 Å². The van der Waals surface area contributed by atoms with Gasteiger partial charge in [0.2, 0.25) is 0 Å². The zero-order chi connectivity index (χ0) is 11.9. The van der Waals surface area contributed by atoms with Crippen LogP contribution in [0.2, 0.25) is 0 Å². The van der Waals surface area contributed by atoms with Gasteiger partial charge in [0.05, 0.1) is 0 Å². The number of nitrogens with zero attached hydrogens (tertiary/aromatic N) is 1. The minimum atomic E-state index is -5.73. The van der Waals surface area contributed by atoms with Gasteiger partial charge in [0.25, 0.3) is 0 Å². The fourth-order valence-electron chi connectivity index (χ4n) is 1.97. The van der Waals surface area contributed by atoms with Crippen LogP contribution in [0.3, 0.4) is 0 Å². The Labute approximate surface area is 92.1 Å². The standard InChI is InChI=1S/C9H21F3NPSi/c1-4-7-14(8-5-2,9-6-3)13-15(10,11)12/h4-9H2,1-3H3. The number of rotatable bonds is 7. The summed E-state index contributed by atoms with van der Waals surface area (Å²) in [6.07, 6.45) is 4.51. The zero-order valence-electron chi connectivity index (χ0n) is 9.77. The molecular formula is C9H21F3NPSi. The first-order valence-electron chi connectivity index (χ1n) is 5.56. The summed E-state index contributed by atoms with van der Waals surface area (Å²) < 4.78 is 40.9. The predicted molar refractivity (Wildman–Crippen MR) is 63.9 cm³/mol. The lowest BCUT2D eigenvalue weighted by Gasteiger charge is -2.23. The van der Waals surface area contributed by atoms with Crippen LogP contribution in [-0.4, -0.2) is 27.7 Å². The first kappa shape index (κ1) is 15.2. The van der Waals surface area contributed by atoms with E-state index in [-0.39, 0.29) is 0 Å². The lowest BCUT2D eigenvalue weighted by Crippen LogP contribution is -2.13. The van der Waals surface area contributed by atoms with E-state index in [0.29, 0.717) is 18.5 Å². The zero-order valence-corrected chi connectivity index (χ0v) is 11.7. The summed E-state index contributed by atoms with van der Waals surface area (Å²) in [6.45, 7) is 5.86. The Morgan fingerprint density at radius 3 is 1.40 bits per heavy atom. The molecule has 0 aliphatic carbocycles. The molecule has 0 heterocycles. The van der Waals surface area contributed by atoms with Crippen LogP contribution in [0.15, 0.2) is 4.41 Å². The molecule has 0 aromatic heterocycles. The third kappa shape index (κ3) is 6.41. The predicted octanol–water partition coefficient (Wildman–Crippen LogP) is 4.76. The molecule has 15 heavy (non-hydrogen) atoms. The third-order valence-electron chi connectivity index (χ3n) is 2.25. The van der Waals surface area contributed by atoms with Gasteiger partial charge in [-0.25, -0.2) is 16.7 Å². The molecule has 0 aromatic rings. The molecular weight excluding hydrogens is 238 g/mol. The second-order valence-corrected chi connectivity index (χ2v) is 9.10. The van der Waals surface area contributed by atoms with Crippen LogP contribution in [0.1, 0.15) is 40.0 Å². The lowest BCUT2D eigenvalue weighted by atomic mass is 10.6. The highest BCUT2D eigenvalue weighted by Crippen LogP contribution is 2.53. The molecule has 0 spiro atoms. The van der Waals surface area contributed by atoms with Crippen LogP contribution < -0.4 is 0 Å². The highest BCUT2D eigenvalue weighted by Gasteiger charge is 2.40. The van der Waals surface area contributed by atoms with E-state index in [1.165, 1.54) is 0 Å². The van der Waals surface area contributed by atoms with Gasteiger partial charge < -0.3 is 0 Å². The van der Waals surface area contributed by atoms with Crippen molar-refractivity contribution in [3.63, 3.8) is 0 Å². The molecule has 92 valence electrons. The van der Waals surface area contributed by atoms with Crippen LogP contribution in [0.25, 0.3) is 0 Å². The monoisotopic (exact) mass is 259 g/mol. The molecule has 0 rings (SSSR count). The molecule has 1 nitrogen and oxygen atoms in total. The molecule has 6 heteroatoms. The highest BCUT2D eigenvalue weighted by molar-refractivity contribution is 7.67. The number of hydrogen-bond acceptors (Lipinski definition) is 1. The third-order valence-corrected chi connectivity index (χ3v) is 8.69. The van der Waals surface area contributed by atoms with Crippen molar-refractivity contribution < 1.29 is 12.3 Å². The summed E-state index contributed by atoms with van der Waals surface area (Å²) >= 11 is 0. The Morgan fingerprint density at radius 1 is 0.867 bits per heavy atom. The molecule has 0 N–H and O–H groups in total. The van der Waals surface area contributed by atoms with E-state index in [1.807, 2.05) is 20.8 Å². The van der Waals surface area contributed by atoms with E-state index in [1.54, 1.807) is 0 Å². The van der Waals surface area contributed by atoms with Gasteiger partial charge in [0.15, 0.2) is 0 Å². The van der Waals surface area contributed by atoms with Crippen molar-refractivity contribution in [3.05, 3.63) is 0 Å². The highest BCUT2D eigenvalue weighted by atomic mass is 31.2. The topological polar surface area (TPSA) is 12.4 Å². The van der Waals surface area contributed by atoms with E-state index < -0.39 is 16.3 Å². The van der Waals surface area contributed by atoms with Crippen molar-refractivity contribution in [3.8, 4) is 0 Å². The Balaban J connectivity index is 5.00. The average Bonchev–Trinajstić information content (AvgIpc) is 2.01. The van der Waals surface area contributed by atoms with E-state index in [2.05, 4.69) is 4.41 Å². The van der Waals surface area contributed by atoms with Crippen LogP contribution in [-0.2, 0) is 0 Å². The van der Waals surface area contributed by atoms with Gasteiger partial charge in [-0.3, -0.25) is 0 Å². The largest absolute Gasteiger partial charge is 0.772 e. The van der Waals surface area contributed by atoms with Gasteiger partial charge in [-0.2, -0.15) is 0 Å². The summed E-state index contributed by atoms with van der Waals surface area (Å²) in [5, 5.41) is 0.